The van der Waals surface area contributed by atoms with Gasteiger partial charge in [-0.05, 0) is 59.5 Å². The largest absolute Gasteiger partial charge is 0.351 e. The Morgan fingerprint density at radius 2 is 1.89 bits per heavy atom. The third-order valence-corrected chi connectivity index (χ3v) is 5.86. The Morgan fingerprint density at radius 3 is 2.52 bits per heavy atom. The number of hydrogen-bond acceptors (Lipinski definition) is 5. The number of nitrogens with one attached hydrogen (secondary N) is 1. The highest BCUT2D eigenvalue weighted by atomic mass is 32.2. The van der Waals surface area contributed by atoms with Crippen LogP contribution in [-0.2, 0) is 24.2 Å². The van der Waals surface area contributed by atoms with Gasteiger partial charge in [-0.15, -0.1) is 0 Å². The van der Waals surface area contributed by atoms with E-state index in [1.54, 1.807) is 0 Å². The number of amides is 1. The van der Waals surface area contributed by atoms with Crippen LogP contribution >= 0.6 is 11.8 Å². The minimum Gasteiger partial charge on any atom is -0.351 e. The van der Waals surface area contributed by atoms with Crippen LogP contribution in [0.1, 0.15) is 58.7 Å². The first-order valence-electron chi connectivity index (χ1n) is 10.0. The molecule has 6 nitrogen and oxygen atoms in total. The third-order valence-electron chi connectivity index (χ3n) is 4.84. The van der Waals surface area contributed by atoms with Gasteiger partial charge in [-0.25, -0.2) is 4.79 Å². The van der Waals surface area contributed by atoms with Gasteiger partial charge < -0.3 is 10.2 Å². The van der Waals surface area contributed by atoms with Crippen LogP contribution in [0, 0.1) is 0 Å². The molecule has 0 spiro atoms. The van der Waals surface area contributed by atoms with E-state index in [1.165, 1.54) is 17.3 Å². The molecule has 0 unspecified atom stereocenters. The Kier molecular flexibility index (Phi) is 7.91. The maximum absolute atomic E-state index is 12.7. The topological polar surface area (TPSA) is 67.2 Å². The second kappa shape index (κ2) is 9.73. The zero-order valence-corrected chi connectivity index (χ0v) is 18.2. The number of nitrogens with zero attached hydrogens (tertiary/aromatic N) is 3. The molecule has 0 aliphatic heterocycles. The van der Waals surface area contributed by atoms with Crippen molar-refractivity contribution in [1.29, 1.82) is 0 Å². The number of fused-ring (bicyclic) bond motifs is 1. The summed E-state index contributed by atoms with van der Waals surface area (Å²) < 4.78 is 1.87. The van der Waals surface area contributed by atoms with Gasteiger partial charge in [0, 0.05) is 29.9 Å². The van der Waals surface area contributed by atoms with Crippen LogP contribution in [0.4, 0.5) is 0 Å². The van der Waals surface area contributed by atoms with Crippen LogP contribution < -0.4 is 11.0 Å². The van der Waals surface area contributed by atoms with Gasteiger partial charge in [-0.1, -0.05) is 25.6 Å². The fourth-order valence-electron chi connectivity index (χ4n) is 3.47. The Hall–Kier alpha value is -1.34. The summed E-state index contributed by atoms with van der Waals surface area (Å²) in [6, 6.07) is 0. The maximum Gasteiger partial charge on any atom is 0.348 e. The summed E-state index contributed by atoms with van der Waals surface area (Å²) in [6.07, 6.45) is 4.09. The zero-order chi connectivity index (χ0) is 20.0. The molecule has 0 atom stereocenters. The molecule has 152 valence electrons. The molecule has 0 saturated carbocycles. The van der Waals surface area contributed by atoms with Crippen molar-refractivity contribution in [2.24, 2.45) is 0 Å². The van der Waals surface area contributed by atoms with Gasteiger partial charge >= 0.3 is 5.69 Å². The minimum absolute atomic E-state index is 0.0235. The van der Waals surface area contributed by atoms with E-state index in [0.717, 1.165) is 56.0 Å². The molecule has 7 heteroatoms. The monoisotopic (exact) mass is 394 g/mol. The molecule has 1 amide bonds. The lowest BCUT2D eigenvalue weighted by atomic mass is 9.97. The summed E-state index contributed by atoms with van der Waals surface area (Å²) in [5, 5.41) is 3.71. The van der Waals surface area contributed by atoms with E-state index in [0.29, 0.717) is 12.3 Å². The molecule has 1 aliphatic rings. The Balaban J connectivity index is 2.19. The number of carbonyl (C=O) groups is 1. The van der Waals surface area contributed by atoms with Crippen molar-refractivity contribution in [2.75, 3.05) is 25.4 Å². The molecule has 1 N–H and O–H groups in total. The molecule has 1 aromatic heterocycles. The molecule has 1 aliphatic carbocycles. The fraction of sp³-hybridized carbons (Fsp3) is 0.750. The highest BCUT2D eigenvalue weighted by Gasteiger charge is 2.22. The van der Waals surface area contributed by atoms with Crippen LogP contribution in [0.3, 0.4) is 0 Å². The Labute approximate surface area is 167 Å². The first-order chi connectivity index (χ1) is 12.7. The highest BCUT2D eigenvalue weighted by molar-refractivity contribution is 7.99. The van der Waals surface area contributed by atoms with Crippen LogP contribution in [0.5, 0.6) is 0 Å². The molecule has 1 aromatic rings. The van der Waals surface area contributed by atoms with Gasteiger partial charge in [-0.3, -0.25) is 9.36 Å². The average Bonchev–Trinajstić information content (AvgIpc) is 2.61. The zero-order valence-electron chi connectivity index (χ0n) is 17.4. The molecular weight excluding hydrogens is 360 g/mol. The molecule has 0 fully saturated rings. The van der Waals surface area contributed by atoms with Crippen LogP contribution in [0.15, 0.2) is 9.82 Å². The lowest BCUT2D eigenvalue weighted by Gasteiger charge is -2.25. The first-order valence-corrected chi connectivity index (χ1v) is 11.0. The number of hydrogen-bond donors (Lipinski definition) is 1. The van der Waals surface area contributed by atoms with Crippen molar-refractivity contribution in [3.8, 4) is 0 Å². The molecule has 1 heterocycles. The van der Waals surface area contributed by atoms with Crippen LogP contribution in [0.25, 0.3) is 0 Å². The van der Waals surface area contributed by atoms with Gasteiger partial charge in [0.2, 0.25) is 5.91 Å². The standard InChI is InChI=1S/C20H34N4O2S/c1-6-23(7-2)12-13-24-16-11-9-8-10-15(16)18(21-19(24)26)27-14-17(25)22-20(3,4)5/h6-14H2,1-5H3,(H,22,25). The Bertz CT molecular complexity index is 705. The molecule has 0 saturated heterocycles. The second-order valence-corrected chi connectivity index (χ2v) is 9.06. The van der Waals surface area contributed by atoms with Crippen LogP contribution in [-0.4, -0.2) is 51.3 Å². The second-order valence-electron chi connectivity index (χ2n) is 8.10. The predicted molar refractivity (Wildman–Crippen MR) is 112 cm³/mol. The third kappa shape index (κ3) is 6.35. The van der Waals surface area contributed by atoms with Gasteiger partial charge in [0.1, 0.15) is 5.03 Å². The van der Waals surface area contributed by atoms with E-state index in [1.807, 2.05) is 25.3 Å². The fourth-order valence-corrected chi connectivity index (χ4v) is 4.34. The highest BCUT2D eigenvalue weighted by Crippen LogP contribution is 2.28. The quantitative estimate of drug-likeness (QED) is 0.542. The normalized spacial score (nSPS) is 14.3. The summed E-state index contributed by atoms with van der Waals surface area (Å²) in [6.45, 7) is 13.7. The van der Waals surface area contributed by atoms with E-state index < -0.39 is 0 Å². The maximum atomic E-state index is 12.7. The summed E-state index contributed by atoms with van der Waals surface area (Å²) in [7, 11) is 0. The van der Waals surface area contributed by atoms with E-state index >= 15 is 0 Å². The van der Waals surface area contributed by atoms with Crippen molar-refractivity contribution in [2.45, 2.75) is 77.4 Å². The van der Waals surface area contributed by atoms with Gasteiger partial charge in [-0.2, -0.15) is 4.98 Å². The lowest BCUT2D eigenvalue weighted by Crippen LogP contribution is -2.41. The molecular formula is C20H34N4O2S. The number of rotatable bonds is 8. The van der Waals surface area contributed by atoms with Crippen LogP contribution in [0.2, 0.25) is 0 Å². The Morgan fingerprint density at radius 1 is 1.22 bits per heavy atom. The summed E-state index contributed by atoms with van der Waals surface area (Å²) >= 11 is 1.39. The summed E-state index contributed by atoms with van der Waals surface area (Å²) in [5.74, 6) is 0.268. The number of thioether (sulfide) groups is 1. The molecule has 0 aromatic carbocycles. The van der Waals surface area contributed by atoms with Crippen molar-refractivity contribution >= 4 is 17.7 Å². The van der Waals surface area contributed by atoms with Crippen molar-refractivity contribution in [3.63, 3.8) is 0 Å². The van der Waals surface area contributed by atoms with E-state index in [9.17, 15) is 9.59 Å². The molecule has 27 heavy (non-hydrogen) atoms. The van der Waals surface area contributed by atoms with Gasteiger partial charge in [0.25, 0.3) is 0 Å². The number of aromatic nitrogens is 2. The lowest BCUT2D eigenvalue weighted by molar-refractivity contribution is -0.119. The number of carbonyl (C=O) groups excluding carboxylic acids is 1. The minimum atomic E-state index is -0.252. The van der Waals surface area contributed by atoms with E-state index in [2.05, 4.69) is 29.0 Å². The molecule has 0 bridgehead atoms. The van der Waals surface area contributed by atoms with E-state index in [4.69, 9.17) is 0 Å². The van der Waals surface area contributed by atoms with Gasteiger partial charge in [0.05, 0.1) is 5.75 Å². The molecule has 0 radical (unpaired) electrons. The predicted octanol–water partition coefficient (Wildman–Crippen LogP) is 2.47. The van der Waals surface area contributed by atoms with Gasteiger partial charge in [0.15, 0.2) is 0 Å². The number of likely N-dealkylation sites (N-methyl/N-ethyl adjacent to an activating group) is 1. The van der Waals surface area contributed by atoms with E-state index in [-0.39, 0.29) is 17.1 Å². The smallest absolute Gasteiger partial charge is 0.348 e. The first kappa shape index (κ1) is 22.0. The molecule has 2 rings (SSSR count). The average molecular weight is 395 g/mol. The SMILES string of the molecule is CCN(CC)CCn1c2c(c(SCC(=O)NC(C)(C)C)nc1=O)CCCC2. The summed E-state index contributed by atoms with van der Waals surface area (Å²) in [5.41, 5.74) is 1.88. The van der Waals surface area contributed by atoms with Crippen molar-refractivity contribution in [3.05, 3.63) is 21.7 Å². The summed E-state index contributed by atoms with van der Waals surface area (Å²) in [4.78, 5) is 31.5. The van der Waals surface area contributed by atoms with Crippen molar-refractivity contribution < 1.29 is 4.79 Å². The van der Waals surface area contributed by atoms with Crippen molar-refractivity contribution in [1.82, 2.24) is 19.8 Å².